The lowest BCUT2D eigenvalue weighted by Gasteiger charge is -2.12. The quantitative estimate of drug-likeness (QED) is 0.0141. The molecule has 41 nitrogen and oxygen atoms in total. The van der Waals surface area contributed by atoms with E-state index in [1.54, 1.807) is 6.92 Å². The van der Waals surface area contributed by atoms with Crippen LogP contribution in [0.15, 0.2) is 121 Å². The normalized spacial score (nSPS) is 10.2. The molecule has 10 aromatic rings. The van der Waals surface area contributed by atoms with E-state index in [2.05, 4.69) is 18.9 Å². The number of hydrogen-bond acceptors (Lipinski definition) is 41. The molecule has 630 valence electrons. The molecule has 0 atom stereocenters. The summed E-state index contributed by atoms with van der Waals surface area (Å²) in [6, 6.07) is 19.9. The summed E-state index contributed by atoms with van der Waals surface area (Å²) < 4.78 is 47.4. The smallest absolute Gasteiger partial charge is 0.343 e. The molecule has 0 aliphatic carbocycles. The highest BCUT2D eigenvalue weighted by molar-refractivity contribution is 6.00. The highest BCUT2D eigenvalue weighted by atomic mass is 16.6. The summed E-state index contributed by atoms with van der Waals surface area (Å²) in [6.45, 7) is 5.70. The van der Waals surface area contributed by atoms with Crippen LogP contribution in [0.5, 0.6) is 155 Å². The molecule has 0 aromatic heterocycles. The minimum Gasteiger partial charge on any atom is -0.508 e. The minimum atomic E-state index is -1.24. The molecule has 0 spiro atoms. The monoisotopic (exact) mass is 1670 g/mol. The van der Waals surface area contributed by atoms with Crippen LogP contribution in [0.1, 0.15) is 127 Å². The van der Waals surface area contributed by atoms with Gasteiger partial charge in [0.2, 0.25) is 34.5 Å². The molecule has 0 saturated heterocycles. The van der Waals surface area contributed by atoms with Crippen LogP contribution < -0.4 is 28.4 Å². The third-order valence-corrected chi connectivity index (χ3v) is 15.8. The number of ether oxygens (including phenoxy) is 10. The molecule has 0 saturated carbocycles. The Morgan fingerprint density at radius 1 is 0.200 bits per heavy atom. The van der Waals surface area contributed by atoms with Crippen LogP contribution in [0.4, 0.5) is 0 Å². The average Bonchev–Trinajstić information content (AvgIpc) is 0.817. The second kappa shape index (κ2) is 39.0. The van der Waals surface area contributed by atoms with Gasteiger partial charge in [-0.3, -0.25) is 4.79 Å². The number of methoxy groups -OCH3 is 5. The van der Waals surface area contributed by atoms with E-state index < -0.39 is 192 Å². The van der Waals surface area contributed by atoms with Gasteiger partial charge in [0.15, 0.2) is 115 Å². The van der Waals surface area contributed by atoms with Crippen molar-refractivity contribution in [2.45, 2.75) is 27.7 Å². The summed E-state index contributed by atoms with van der Waals surface area (Å²) in [6.07, 6.45) is 0. The van der Waals surface area contributed by atoms with Gasteiger partial charge in [-0.1, -0.05) is 0 Å². The van der Waals surface area contributed by atoms with Gasteiger partial charge < -0.3 is 155 Å². The molecule has 0 fully saturated rings. The maximum absolute atomic E-state index is 12.6. The Morgan fingerprint density at radius 3 is 0.592 bits per heavy atom. The van der Waals surface area contributed by atoms with E-state index in [9.17, 15) is 150 Å². The molecule has 10 rings (SSSR count). The minimum absolute atomic E-state index is 0.0395. The number of phenols is 21. The van der Waals surface area contributed by atoms with Gasteiger partial charge >= 0.3 is 53.7 Å². The third kappa shape index (κ3) is 22.1. The first kappa shape index (κ1) is 91.6. The van der Waals surface area contributed by atoms with Gasteiger partial charge in [0.25, 0.3) is 0 Å². The van der Waals surface area contributed by atoms with Gasteiger partial charge in [-0.2, -0.15) is 0 Å². The molecule has 0 unspecified atom stereocenters. The lowest BCUT2D eigenvalue weighted by atomic mass is 10.1. The van der Waals surface area contributed by atoms with Gasteiger partial charge in [0.05, 0.1) is 85.6 Å². The van der Waals surface area contributed by atoms with Crippen molar-refractivity contribution in [3.63, 3.8) is 0 Å². The molecular formula is C79H68O41. The molecule has 0 aliphatic heterocycles. The topological polar surface area (TPSA) is 688 Å². The Kier molecular flexibility index (Phi) is 29.7. The molecule has 0 bridgehead atoms. The van der Waals surface area contributed by atoms with Crippen LogP contribution in [-0.2, 0) is 18.9 Å². The van der Waals surface area contributed by atoms with Crippen LogP contribution in [-0.4, -0.2) is 202 Å². The first-order chi connectivity index (χ1) is 56.2. The van der Waals surface area contributed by atoms with Crippen LogP contribution in [0.25, 0.3) is 0 Å². The summed E-state index contributed by atoms with van der Waals surface area (Å²) in [5.74, 6) is -25.5. The van der Waals surface area contributed by atoms with E-state index in [1.807, 2.05) is 0 Å². The zero-order valence-electron chi connectivity index (χ0n) is 63.1. The van der Waals surface area contributed by atoms with E-state index in [0.717, 1.165) is 131 Å². The van der Waals surface area contributed by atoms with Crippen molar-refractivity contribution >= 4 is 59.5 Å². The molecule has 10 aromatic carbocycles. The number of ketones is 1. The van der Waals surface area contributed by atoms with Crippen LogP contribution in [0, 0.1) is 20.8 Å². The summed E-state index contributed by atoms with van der Waals surface area (Å²) in [5.41, 5.74) is -0.982. The van der Waals surface area contributed by atoms with Gasteiger partial charge in [0, 0.05) is 11.1 Å². The summed E-state index contributed by atoms with van der Waals surface area (Å²) >= 11 is 0. The van der Waals surface area contributed by atoms with Gasteiger partial charge in [-0.05, 0) is 160 Å². The Morgan fingerprint density at radius 2 is 0.367 bits per heavy atom. The predicted octanol–water partition coefficient (Wildman–Crippen LogP) is 8.63. The Bertz CT molecular complexity index is 5650. The number of carbonyl (C=O) groups excluding carboxylic acids is 10. The molecule has 41 heteroatoms. The van der Waals surface area contributed by atoms with Gasteiger partial charge in [-0.25, -0.2) is 43.2 Å². The maximum Gasteiger partial charge on any atom is 0.343 e. The number of hydrogen-bond donors (Lipinski definition) is 21. The zero-order valence-corrected chi connectivity index (χ0v) is 63.1. The number of carbonyl (C=O) groups is 10. The largest absolute Gasteiger partial charge is 0.508 e. The Labute approximate surface area is 671 Å². The molecule has 0 aliphatic rings. The number of aryl methyl sites for hydroxylation is 2. The van der Waals surface area contributed by atoms with Crippen LogP contribution >= 0.6 is 0 Å². The van der Waals surface area contributed by atoms with E-state index in [-0.39, 0.29) is 89.9 Å². The van der Waals surface area contributed by atoms with Crippen molar-refractivity contribution in [2.75, 3.05) is 35.5 Å². The first-order valence-corrected chi connectivity index (χ1v) is 32.9. The average molecular weight is 1670 g/mol. The first-order valence-electron chi connectivity index (χ1n) is 32.9. The Hall–Kier alpha value is -17.3. The van der Waals surface area contributed by atoms with Gasteiger partial charge in [0.1, 0.15) is 11.5 Å². The number of rotatable bonds is 16. The fourth-order valence-electron chi connectivity index (χ4n) is 9.44. The summed E-state index contributed by atoms with van der Waals surface area (Å²) in [7, 11) is 5.75. The second-order valence-electron chi connectivity index (χ2n) is 24.1. The highest BCUT2D eigenvalue weighted by Gasteiger charge is 2.28. The van der Waals surface area contributed by atoms with Crippen molar-refractivity contribution in [3.05, 3.63) is 194 Å². The SMILES string of the molecule is CC(=O)c1cc(O)c(O)c(OC(=O)c2cc(O)c(C)c(O)c2)c1.COC(=O)c1cc(C)c(O)c(O)c1.COC(=O)c1cc(O)c(O)c(OC(=O)c2cc(O)c(O)c(O)c2)c1.COC(=O)c1cc(O)c(O)c(OC(=O)c2cc(O)c(O)c(OC(=O)c3cc(C)c(O)c(O)c3)c2)c1.COC(=O)c1cc(O)c(O)c(OC(=O)c2cc(O)c(O)c(OC)c2)c1. The van der Waals surface area contributed by atoms with E-state index in [0.29, 0.717) is 5.56 Å². The third-order valence-electron chi connectivity index (χ3n) is 15.8. The fraction of sp³-hybridized carbons (Fsp3) is 0.114. The molecule has 120 heavy (non-hydrogen) atoms. The molecule has 0 radical (unpaired) electrons. The number of benzene rings is 10. The number of phenolic OH excluding ortho intramolecular Hbond substituents is 21. The fourth-order valence-corrected chi connectivity index (χ4v) is 9.44. The van der Waals surface area contributed by atoms with Crippen LogP contribution in [0.3, 0.4) is 0 Å². The van der Waals surface area contributed by atoms with E-state index >= 15 is 0 Å². The lowest BCUT2D eigenvalue weighted by molar-refractivity contribution is 0.0590. The zero-order chi connectivity index (χ0) is 90.1. The standard InChI is InChI=1S/C23H18O12.C16H14O9.C16H14O7.C15H12O9.C9H10O4/c1-9-3-10(4-13(24)18(9)27)22(31)34-17-8-12(6-15(26)20(17)29)23(32)35-16-7-11(21(30)33-2)5-14(25)19(16)28;1-23-11-5-8(4-9(17)13(11)19)16(22)25-12-6-7(15(21)24-2)3-10(18)14(12)20;1-7-11(18)4-10(5-12(7)19)16(22)23-14-6-9(8(2)17)3-13(20)15(14)21;1-23-14(21)7-4-10(18)13(20)11(5-7)24-15(22)6-2-8(16)12(19)9(17)3-6;1-5-3-6(9(12)13-2)4-7(10)8(5)11/h3-8,24-29H,1-2H3;3-6,17-20H,1-2H3;3-6,18-21H,1-2H3;2-5,16-20H,1H3;3-4,10-11H,1-2H3. The van der Waals surface area contributed by atoms with Crippen molar-refractivity contribution in [1.82, 2.24) is 0 Å². The van der Waals surface area contributed by atoms with E-state index in [1.165, 1.54) is 47.1 Å². The molecule has 0 amide bonds. The molecule has 21 N–H and O–H groups in total. The van der Waals surface area contributed by atoms with Crippen LogP contribution in [0.2, 0.25) is 0 Å². The summed E-state index contributed by atoms with van der Waals surface area (Å²) in [4.78, 5) is 118. The van der Waals surface area contributed by atoms with Crippen molar-refractivity contribution in [3.8, 4) is 155 Å². The maximum atomic E-state index is 12.6. The molecule has 0 heterocycles. The number of Topliss-reactive ketones (excluding diaryl/α,β-unsaturated/α-hetero) is 1. The highest BCUT2D eigenvalue weighted by Crippen LogP contribution is 2.45. The molecular weight excluding hydrogens is 1600 g/mol. The predicted molar refractivity (Wildman–Crippen MR) is 400 cm³/mol. The second-order valence-corrected chi connectivity index (χ2v) is 24.1. The number of esters is 9. The van der Waals surface area contributed by atoms with Crippen molar-refractivity contribution in [1.29, 1.82) is 0 Å². The van der Waals surface area contributed by atoms with Gasteiger partial charge in [-0.15, -0.1) is 0 Å². The van der Waals surface area contributed by atoms with Crippen molar-refractivity contribution < 1.29 is 203 Å². The number of aromatic hydroxyl groups is 21. The van der Waals surface area contributed by atoms with E-state index in [4.69, 9.17) is 33.5 Å². The lowest BCUT2D eigenvalue weighted by Crippen LogP contribution is -2.12. The summed E-state index contributed by atoms with van der Waals surface area (Å²) in [5, 5.41) is 202. The Balaban J connectivity index is 0.000000239. The van der Waals surface area contributed by atoms with Crippen molar-refractivity contribution in [2.24, 2.45) is 0 Å².